The summed E-state index contributed by atoms with van der Waals surface area (Å²) in [5.74, 6) is -1.12. The topological polar surface area (TPSA) is 61.4 Å². The van der Waals surface area contributed by atoms with Crippen LogP contribution in [0.4, 0.5) is 10.1 Å². The Balaban J connectivity index is 1.45. The van der Waals surface area contributed by atoms with E-state index in [9.17, 15) is 14.0 Å². The summed E-state index contributed by atoms with van der Waals surface area (Å²) in [6, 6.07) is 21.8. The zero-order valence-corrected chi connectivity index (χ0v) is 20.5. The molecule has 0 radical (unpaired) electrons. The Hall–Kier alpha value is -3.67. The molecule has 4 rings (SSSR count). The molecule has 0 saturated heterocycles. The van der Waals surface area contributed by atoms with Gasteiger partial charge in [0.1, 0.15) is 5.82 Å². The molecule has 0 fully saturated rings. The third kappa shape index (κ3) is 6.07. The van der Waals surface area contributed by atoms with Gasteiger partial charge in [-0.15, -0.1) is 0 Å². The Kier molecular flexibility index (Phi) is 7.20. The van der Waals surface area contributed by atoms with E-state index in [0.717, 1.165) is 35.3 Å². The fourth-order valence-corrected chi connectivity index (χ4v) is 4.67. The van der Waals surface area contributed by atoms with E-state index in [0.29, 0.717) is 12.1 Å². The first-order chi connectivity index (χ1) is 16.7. The van der Waals surface area contributed by atoms with Crippen LogP contribution in [0.15, 0.2) is 72.8 Å². The molecule has 2 amide bonds. The van der Waals surface area contributed by atoms with Gasteiger partial charge in [0.15, 0.2) is 0 Å². The minimum Gasteiger partial charge on any atom is -0.369 e. The van der Waals surface area contributed by atoms with E-state index in [4.69, 9.17) is 0 Å². The minimum absolute atomic E-state index is 0.149. The molecule has 1 aliphatic rings. The van der Waals surface area contributed by atoms with Crippen LogP contribution in [0.5, 0.6) is 0 Å². The van der Waals surface area contributed by atoms with Crippen molar-refractivity contribution in [1.82, 2.24) is 10.6 Å². The van der Waals surface area contributed by atoms with E-state index in [1.165, 1.54) is 6.07 Å². The van der Waals surface area contributed by atoms with Crippen molar-refractivity contribution in [2.24, 2.45) is 0 Å². The van der Waals surface area contributed by atoms with Crippen LogP contribution in [0, 0.1) is 12.7 Å². The molecular weight excluding hydrogens is 441 g/mol. The van der Waals surface area contributed by atoms with Crippen molar-refractivity contribution >= 4 is 17.5 Å². The smallest absolute Gasteiger partial charge is 0.251 e. The number of fused-ring (bicyclic) bond motifs is 1. The number of aryl methyl sites for hydroxylation is 1. The van der Waals surface area contributed by atoms with Gasteiger partial charge in [-0.25, -0.2) is 4.39 Å². The van der Waals surface area contributed by atoms with Crippen LogP contribution in [-0.4, -0.2) is 37.0 Å². The molecular formula is C29H32FN3O2. The highest BCUT2D eigenvalue weighted by Crippen LogP contribution is 2.30. The van der Waals surface area contributed by atoms with Crippen LogP contribution < -0.4 is 15.5 Å². The SMILES string of the molecule is Cc1cccc(C(=O)NCC(C(=O)NC(C)(C)CN2CCc3cc(F)ccc32)c2ccccc2)c1. The normalized spacial score (nSPS) is 13.8. The fourth-order valence-electron chi connectivity index (χ4n) is 4.67. The van der Waals surface area contributed by atoms with Gasteiger partial charge in [-0.05, 0) is 68.7 Å². The van der Waals surface area contributed by atoms with Crippen molar-refractivity contribution in [2.75, 3.05) is 24.5 Å². The number of hydrogen-bond donors (Lipinski definition) is 2. The van der Waals surface area contributed by atoms with Crippen LogP contribution in [0.3, 0.4) is 0 Å². The zero-order valence-electron chi connectivity index (χ0n) is 20.5. The van der Waals surface area contributed by atoms with E-state index in [1.807, 2.05) is 75.4 Å². The second-order valence-corrected chi connectivity index (χ2v) is 9.86. The fraction of sp³-hybridized carbons (Fsp3) is 0.310. The molecule has 2 N–H and O–H groups in total. The molecule has 35 heavy (non-hydrogen) atoms. The summed E-state index contributed by atoms with van der Waals surface area (Å²) in [4.78, 5) is 28.4. The number of amides is 2. The second-order valence-electron chi connectivity index (χ2n) is 9.86. The van der Waals surface area contributed by atoms with Gasteiger partial charge in [0.2, 0.25) is 5.91 Å². The summed E-state index contributed by atoms with van der Waals surface area (Å²) in [5, 5.41) is 6.13. The summed E-state index contributed by atoms with van der Waals surface area (Å²) >= 11 is 0. The monoisotopic (exact) mass is 473 g/mol. The first kappa shape index (κ1) is 24.5. The Morgan fingerprint density at radius 1 is 1.03 bits per heavy atom. The van der Waals surface area contributed by atoms with Gasteiger partial charge in [-0.3, -0.25) is 9.59 Å². The second kappa shape index (κ2) is 10.3. The Labute approximate surface area is 206 Å². The molecule has 1 unspecified atom stereocenters. The Morgan fingerprint density at radius 3 is 2.54 bits per heavy atom. The maximum absolute atomic E-state index is 13.6. The quantitative estimate of drug-likeness (QED) is 0.503. The van der Waals surface area contributed by atoms with E-state index in [-0.39, 0.29) is 24.2 Å². The van der Waals surface area contributed by atoms with E-state index >= 15 is 0 Å². The molecule has 0 aromatic heterocycles. The Morgan fingerprint density at radius 2 is 1.80 bits per heavy atom. The summed E-state index contributed by atoms with van der Waals surface area (Å²) in [6.45, 7) is 7.47. The third-order valence-corrected chi connectivity index (χ3v) is 6.35. The molecule has 6 heteroatoms. The van der Waals surface area contributed by atoms with E-state index in [2.05, 4.69) is 15.5 Å². The lowest BCUT2D eigenvalue weighted by Gasteiger charge is -2.34. The van der Waals surface area contributed by atoms with Crippen molar-refractivity contribution < 1.29 is 14.0 Å². The van der Waals surface area contributed by atoms with Crippen LogP contribution in [0.1, 0.15) is 46.8 Å². The number of anilines is 1. The lowest BCUT2D eigenvalue weighted by molar-refractivity contribution is -0.123. The number of nitrogens with one attached hydrogen (secondary N) is 2. The number of carbonyl (C=O) groups excluding carboxylic acids is 2. The molecule has 0 spiro atoms. The molecule has 1 heterocycles. The molecule has 3 aromatic carbocycles. The predicted molar refractivity (Wildman–Crippen MR) is 137 cm³/mol. The van der Waals surface area contributed by atoms with Crippen molar-refractivity contribution in [3.63, 3.8) is 0 Å². The number of halogens is 1. The van der Waals surface area contributed by atoms with E-state index < -0.39 is 11.5 Å². The molecule has 0 saturated carbocycles. The number of carbonyl (C=O) groups is 2. The van der Waals surface area contributed by atoms with Gasteiger partial charge in [0.05, 0.1) is 11.5 Å². The molecule has 0 bridgehead atoms. The van der Waals surface area contributed by atoms with Crippen molar-refractivity contribution in [3.05, 3.63) is 101 Å². The predicted octanol–water partition coefficient (Wildman–Crippen LogP) is 4.61. The molecule has 3 aromatic rings. The van der Waals surface area contributed by atoms with Gasteiger partial charge in [0.25, 0.3) is 5.91 Å². The average Bonchev–Trinajstić information content (AvgIpc) is 3.20. The van der Waals surface area contributed by atoms with Crippen molar-refractivity contribution in [2.45, 2.75) is 38.6 Å². The van der Waals surface area contributed by atoms with Gasteiger partial charge < -0.3 is 15.5 Å². The number of hydrogen-bond acceptors (Lipinski definition) is 3. The number of benzene rings is 3. The highest BCUT2D eigenvalue weighted by Gasteiger charge is 2.31. The van der Waals surface area contributed by atoms with Crippen LogP contribution in [-0.2, 0) is 11.2 Å². The standard InChI is InChI=1S/C29H32FN3O2/c1-20-8-7-11-23(16-20)27(34)31-18-25(21-9-5-4-6-10-21)28(35)32-29(2,3)19-33-15-14-22-17-24(30)12-13-26(22)33/h4-13,16-17,25H,14-15,18-19H2,1-3H3,(H,31,34)(H,32,35). The summed E-state index contributed by atoms with van der Waals surface area (Å²) in [5.41, 5.74) is 3.88. The first-order valence-corrected chi connectivity index (χ1v) is 12.0. The lowest BCUT2D eigenvalue weighted by Crippen LogP contribution is -2.53. The summed E-state index contributed by atoms with van der Waals surface area (Å²) in [6.07, 6.45) is 0.786. The molecule has 182 valence electrons. The maximum Gasteiger partial charge on any atom is 0.251 e. The largest absolute Gasteiger partial charge is 0.369 e. The van der Waals surface area contributed by atoms with Gasteiger partial charge >= 0.3 is 0 Å². The molecule has 0 aliphatic carbocycles. The molecule has 1 atom stereocenters. The Bertz CT molecular complexity index is 1210. The average molecular weight is 474 g/mol. The highest BCUT2D eigenvalue weighted by atomic mass is 19.1. The van der Waals surface area contributed by atoms with Gasteiger partial charge in [0, 0.05) is 30.9 Å². The van der Waals surface area contributed by atoms with Crippen LogP contribution >= 0.6 is 0 Å². The number of rotatable bonds is 8. The summed E-state index contributed by atoms with van der Waals surface area (Å²) < 4.78 is 13.6. The van der Waals surface area contributed by atoms with E-state index in [1.54, 1.807) is 12.1 Å². The van der Waals surface area contributed by atoms with Gasteiger partial charge in [-0.2, -0.15) is 0 Å². The molecule has 5 nitrogen and oxygen atoms in total. The van der Waals surface area contributed by atoms with Crippen molar-refractivity contribution in [1.29, 1.82) is 0 Å². The third-order valence-electron chi connectivity index (χ3n) is 6.35. The van der Waals surface area contributed by atoms with Gasteiger partial charge in [-0.1, -0.05) is 48.0 Å². The lowest BCUT2D eigenvalue weighted by atomic mass is 9.95. The van der Waals surface area contributed by atoms with Crippen LogP contribution in [0.25, 0.3) is 0 Å². The van der Waals surface area contributed by atoms with Crippen LogP contribution in [0.2, 0.25) is 0 Å². The first-order valence-electron chi connectivity index (χ1n) is 12.0. The summed E-state index contributed by atoms with van der Waals surface area (Å²) in [7, 11) is 0. The minimum atomic E-state index is -0.541. The molecule has 1 aliphatic heterocycles. The number of nitrogens with zero attached hydrogens (tertiary/aromatic N) is 1. The maximum atomic E-state index is 13.6. The van der Waals surface area contributed by atoms with Crippen molar-refractivity contribution in [3.8, 4) is 0 Å². The highest BCUT2D eigenvalue weighted by molar-refractivity contribution is 5.95. The zero-order chi connectivity index (χ0) is 25.0.